The van der Waals surface area contributed by atoms with Crippen molar-refractivity contribution in [3.8, 4) is 11.3 Å². The van der Waals surface area contributed by atoms with Gasteiger partial charge in [0.25, 0.3) is 0 Å². The highest BCUT2D eigenvalue weighted by Crippen LogP contribution is 2.33. The van der Waals surface area contributed by atoms with Crippen molar-refractivity contribution in [1.29, 1.82) is 0 Å². The van der Waals surface area contributed by atoms with Gasteiger partial charge >= 0.3 is 0 Å². The van der Waals surface area contributed by atoms with Gasteiger partial charge in [-0.3, -0.25) is 0 Å². The second kappa shape index (κ2) is 4.62. The van der Waals surface area contributed by atoms with Crippen molar-refractivity contribution in [2.75, 3.05) is 5.73 Å². The minimum atomic E-state index is 0.591. The summed E-state index contributed by atoms with van der Waals surface area (Å²) in [7, 11) is 0. The van der Waals surface area contributed by atoms with Gasteiger partial charge in [0.05, 0.1) is 5.01 Å². The molecule has 0 fully saturated rings. The highest BCUT2D eigenvalue weighted by molar-refractivity contribution is 7.16. The number of benzene rings is 1. The molecule has 2 rings (SSSR count). The van der Waals surface area contributed by atoms with E-state index in [1.807, 2.05) is 19.1 Å². The first-order valence-corrected chi connectivity index (χ1v) is 6.39. The molecule has 2 N–H and O–H groups in total. The molecule has 2 nitrogen and oxygen atoms in total. The molecule has 0 unspecified atom stereocenters. The van der Waals surface area contributed by atoms with E-state index < -0.39 is 0 Å². The van der Waals surface area contributed by atoms with Crippen LogP contribution in [0.15, 0.2) is 18.2 Å². The highest BCUT2D eigenvalue weighted by atomic mass is 35.5. The second-order valence-corrected chi connectivity index (χ2v) is 5.32. The normalized spacial score (nSPS) is 10.7. The van der Waals surface area contributed by atoms with Crippen LogP contribution in [0.5, 0.6) is 0 Å². The van der Waals surface area contributed by atoms with Gasteiger partial charge in [0.15, 0.2) is 0 Å². The van der Waals surface area contributed by atoms with Crippen LogP contribution in [-0.4, -0.2) is 4.98 Å². The third kappa shape index (κ3) is 2.32. The summed E-state index contributed by atoms with van der Waals surface area (Å²) in [5.74, 6) is 0. The monoisotopic (exact) mass is 272 g/mol. The predicted octanol–water partition coefficient (Wildman–Crippen LogP) is 4.26. The van der Waals surface area contributed by atoms with Crippen molar-refractivity contribution in [1.82, 2.24) is 4.98 Å². The second-order valence-electron chi connectivity index (χ2n) is 3.33. The lowest BCUT2D eigenvalue weighted by Crippen LogP contribution is -1.86. The van der Waals surface area contributed by atoms with Crippen LogP contribution in [0.2, 0.25) is 10.0 Å². The van der Waals surface area contributed by atoms with E-state index in [1.165, 1.54) is 11.3 Å². The lowest BCUT2D eigenvalue weighted by Gasteiger charge is -2.00. The number of nitrogen functional groups attached to an aromatic ring is 1. The lowest BCUT2D eigenvalue weighted by molar-refractivity contribution is 1.10. The van der Waals surface area contributed by atoms with E-state index in [1.54, 1.807) is 6.07 Å². The summed E-state index contributed by atoms with van der Waals surface area (Å²) in [5, 5.41) is 2.90. The Balaban J connectivity index is 2.53. The third-order valence-corrected chi connectivity index (χ3v) is 3.60. The molecule has 5 heteroatoms. The van der Waals surface area contributed by atoms with Crippen LogP contribution < -0.4 is 5.73 Å². The first-order chi connectivity index (χ1) is 7.60. The molecule has 0 aliphatic rings. The fourth-order valence-corrected chi connectivity index (χ4v) is 2.75. The number of hydrogen-bond donors (Lipinski definition) is 1. The number of thiazole rings is 1. The van der Waals surface area contributed by atoms with Crippen LogP contribution in [0, 0.1) is 0 Å². The number of nitrogens with zero attached hydrogens (tertiary/aromatic N) is 1. The minimum Gasteiger partial charge on any atom is -0.389 e. The third-order valence-electron chi connectivity index (χ3n) is 2.14. The molecule has 1 heterocycles. The summed E-state index contributed by atoms with van der Waals surface area (Å²) in [5.41, 5.74) is 7.56. The number of hydrogen-bond acceptors (Lipinski definition) is 3. The van der Waals surface area contributed by atoms with Gasteiger partial charge in [-0.15, -0.1) is 11.3 Å². The maximum absolute atomic E-state index is 5.94. The smallest absolute Gasteiger partial charge is 0.114 e. The average Bonchev–Trinajstić information content (AvgIpc) is 2.58. The molecular weight excluding hydrogens is 263 g/mol. The van der Waals surface area contributed by atoms with E-state index in [9.17, 15) is 0 Å². The SMILES string of the molecule is CCc1nc(-c2cc(Cl)cc(Cl)c2)c(N)s1. The Hall–Kier alpha value is -0.770. The van der Waals surface area contributed by atoms with Gasteiger partial charge in [-0.05, 0) is 24.6 Å². The molecule has 0 spiro atoms. The van der Waals surface area contributed by atoms with Crippen LogP contribution >= 0.6 is 34.5 Å². The molecule has 1 aromatic heterocycles. The zero-order valence-electron chi connectivity index (χ0n) is 8.63. The Morgan fingerprint density at radius 3 is 2.38 bits per heavy atom. The quantitative estimate of drug-likeness (QED) is 0.887. The maximum Gasteiger partial charge on any atom is 0.114 e. The Bertz CT molecular complexity index is 502. The van der Waals surface area contributed by atoms with E-state index in [4.69, 9.17) is 28.9 Å². The van der Waals surface area contributed by atoms with E-state index in [2.05, 4.69) is 4.98 Å². The van der Waals surface area contributed by atoms with Crippen molar-refractivity contribution in [2.45, 2.75) is 13.3 Å². The van der Waals surface area contributed by atoms with Crippen LogP contribution in [0.3, 0.4) is 0 Å². The molecule has 0 aliphatic heterocycles. The molecule has 0 amide bonds. The average molecular weight is 273 g/mol. The number of aromatic nitrogens is 1. The van der Waals surface area contributed by atoms with Crippen molar-refractivity contribution >= 4 is 39.5 Å². The maximum atomic E-state index is 5.94. The van der Waals surface area contributed by atoms with Crippen molar-refractivity contribution < 1.29 is 0 Å². The molecular formula is C11H10Cl2N2S. The molecule has 0 atom stereocenters. The van der Waals surface area contributed by atoms with E-state index >= 15 is 0 Å². The Morgan fingerprint density at radius 2 is 1.88 bits per heavy atom. The van der Waals surface area contributed by atoms with Gasteiger partial charge in [0.1, 0.15) is 10.7 Å². The largest absolute Gasteiger partial charge is 0.389 e. The summed E-state index contributed by atoms with van der Waals surface area (Å²) in [6.07, 6.45) is 0.878. The molecule has 0 aliphatic carbocycles. The standard InChI is InChI=1S/C11H10Cl2N2S/c1-2-9-15-10(11(14)16-9)6-3-7(12)5-8(13)4-6/h3-5H,2,14H2,1H3. The summed E-state index contributed by atoms with van der Waals surface area (Å²) >= 11 is 13.4. The van der Waals surface area contributed by atoms with Crippen LogP contribution in [0.25, 0.3) is 11.3 Å². The van der Waals surface area contributed by atoms with Gasteiger partial charge in [0.2, 0.25) is 0 Å². The molecule has 0 radical (unpaired) electrons. The molecule has 16 heavy (non-hydrogen) atoms. The summed E-state index contributed by atoms with van der Waals surface area (Å²) in [6.45, 7) is 2.05. The first kappa shape index (κ1) is 11.7. The summed E-state index contributed by atoms with van der Waals surface area (Å²) < 4.78 is 0. The fourth-order valence-electron chi connectivity index (χ4n) is 1.43. The van der Waals surface area contributed by atoms with Crippen molar-refractivity contribution in [2.24, 2.45) is 0 Å². The van der Waals surface area contributed by atoms with Crippen molar-refractivity contribution in [3.63, 3.8) is 0 Å². The summed E-state index contributed by atoms with van der Waals surface area (Å²) in [4.78, 5) is 4.46. The topological polar surface area (TPSA) is 38.9 Å². The van der Waals surface area contributed by atoms with Crippen LogP contribution in [0.4, 0.5) is 5.00 Å². The lowest BCUT2D eigenvalue weighted by atomic mass is 10.1. The van der Waals surface area contributed by atoms with E-state index in [0.29, 0.717) is 15.0 Å². The molecule has 0 bridgehead atoms. The fraction of sp³-hybridized carbons (Fsp3) is 0.182. The Kier molecular flexibility index (Phi) is 3.38. The zero-order valence-corrected chi connectivity index (χ0v) is 11.0. The molecule has 1 aromatic carbocycles. The minimum absolute atomic E-state index is 0.591. The molecule has 0 saturated carbocycles. The van der Waals surface area contributed by atoms with E-state index in [-0.39, 0.29) is 0 Å². The van der Waals surface area contributed by atoms with Crippen LogP contribution in [0.1, 0.15) is 11.9 Å². The number of anilines is 1. The first-order valence-electron chi connectivity index (χ1n) is 4.81. The van der Waals surface area contributed by atoms with E-state index in [0.717, 1.165) is 22.7 Å². The molecule has 84 valence electrons. The number of nitrogens with two attached hydrogens (primary N) is 1. The van der Waals surface area contributed by atoms with Gasteiger partial charge in [-0.2, -0.15) is 0 Å². The number of halogens is 2. The Labute approximate surface area is 108 Å². The van der Waals surface area contributed by atoms with Gasteiger partial charge in [0, 0.05) is 15.6 Å². The van der Waals surface area contributed by atoms with Crippen LogP contribution in [-0.2, 0) is 6.42 Å². The van der Waals surface area contributed by atoms with Gasteiger partial charge in [-0.25, -0.2) is 4.98 Å². The van der Waals surface area contributed by atoms with Crippen molar-refractivity contribution in [3.05, 3.63) is 33.3 Å². The predicted molar refractivity (Wildman–Crippen MR) is 71.4 cm³/mol. The number of rotatable bonds is 2. The van der Waals surface area contributed by atoms with Gasteiger partial charge in [-0.1, -0.05) is 30.1 Å². The van der Waals surface area contributed by atoms with Gasteiger partial charge < -0.3 is 5.73 Å². The number of aryl methyl sites for hydroxylation is 1. The molecule has 2 aromatic rings. The summed E-state index contributed by atoms with van der Waals surface area (Å²) in [6, 6.07) is 5.33. The highest BCUT2D eigenvalue weighted by Gasteiger charge is 2.10. The molecule has 0 saturated heterocycles. The Morgan fingerprint density at radius 1 is 1.25 bits per heavy atom. The zero-order chi connectivity index (χ0) is 11.7.